The fraction of sp³-hybridized carbons (Fsp3) is 0.278. The monoisotopic (exact) mass is 353 g/mol. The second-order valence-corrected chi connectivity index (χ2v) is 6.92. The van der Waals surface area contributed by atoms with Crippen molar-refractivity contribution in [1.29, 1.82) is 0 Å². The second-order valence-electron chi connectivity index (χ2n) is 6.06. The number of hydrogen-bond donors (Lipinski definition) is 1. The van der Waals surface area contributed by atoms with Gasteiger partial charge < -0.3 is 9.80 Å². The first-order chi connectivity index (χ1) is 12.2. The Morgan fingerprint density at radius 2 is 1.88 bits per heavy atom. The zero-order valence-corrected chi connectivity index (χ0v) is 14.8. The van der Waals surface area contributed by atoms with E-state index in [-0.39, 0.29) is 6.03 Å². The maximum atomic E-state index is 12.3. The second kappa shape index (κ2) is 6.68. The van der Waals surface area contributed by atoms with Gasteiger partial charge >= 0.3 is 6.03 Å². The highest BCUT2D eigenvalue weighted by Crippen LogP contribution is 2.20. The fourth-order valence-corrected chi connectivity index (χ4v) is 3.63. The van der Waals surface area contributed by atoms with Crippen LogP contribution in [-0.4, -0.2) is 47.1 Å². The summed E-state index contributed by atoms with van der Waals surface area (Å²) in [5.74, 6) is 0.967. The number of nitrogens with zero attached hydrogens (tertiary/aromatic N) is 4. The molecule has 2 aromatic heterocycles. The van der Waals surface area contributed by atoms with Gasteiger partial charge in [0.2, 0.25) is 0 Å². The molecular weight excluding hydrogens is 334 g/mol. The molecular formula is C18H19N5OS. The number of nitrogens with one attached hydrogen (secondary N) is 1. The van der Waals surface area contributed by atoms with Crippen molar-refractivity contribution in [2.45, 2.75) is 6.92 Å². The molecule has 1 aliphatic rings. The van der Waals surface area contributed by atoms with Gasteiger partial charge in [-0.25, -0.2) is 14.8 Å². The average molecular weight is 353 g/mol. The van der Waals surface area contributed by atoms with Crippen LogP contribution in [0.4, 0.5) is 15.7 Å². The normalized spacial score (nSPS) is 14.8. The van der Waals surface area contributed by atoms with E-state index in [1.54, 1.807) is 0 Å². The third kappa shape index (κ3) is 3.41. The summed E-state index contributed by atoms with van der Waals surface area (Å²) in [6.07, 6.45) is 0. The first-order valence-corrected chi connectivity index (χ1v) is 9.16. The summed E-state index contributed by atoms with van der Waals surface area (Å²) in [4.78, 5) is 25.4. The van der Waals surface area contributed by atoms with Crippen molar-refractivity contribution in [3.05, 3.63) is 47.5 Å². The highest BCUT2D eigenvalue weighted by atomic mass is 32.1. The number of thiazole rings is 1. The van der Waals surface area contributed by atoms with E-state index in [0.717, 1.165) is 35.5 Å². The van der Waals surface area contributed by atoms with Crippen LogP contribution in [-0.2, 0) is 0 Å². The first-order valence-electron chi connectivity index (χ1n) is 8.28. The highest BCUT2D eigenvalue weighted by Gasteiger charge is 2.22. The Hall–Kier alpha value is -2.67. The minimum absolute atomic E-state index is 0.0829. The van der Waals surface area contributed by atoms with Crippen LogP contribution in [0.15, 0.2) is 41.8 Å². The smallest absolute Gasteiger partial charge is 0.323 e. The summed E-state index contributed by atoms with van der Waals surface area (Å²) in [6.45, 7) is 4.81. The summed E-state index contributed by atoms with van der Waals surface area (Å²) in [7, 11) is 0. The molecule has 3 heterocycles. The summed E-state index contributed by atoms with van der Waals surface area (Å²) < 4.78 is 0. The van der Waals surface area contributed by atoms with E-state index in [0.29, 0.717) is 18.2 Å². The first kappa shape index (κ1) is 15.8. The number of benzene rings is 1. The van der Waals surface area contributed by atoms with Crippen LogP contribution < -0.4 is 10.2 Å². The Morgan fingerprint density at radius 1 is 1.08 bits per heavy atom. The average Bonchev–Trinajstić information content (AvgIpc) is 3.06. The summed E-state index contributed by atoms with van der Waals surface area (Å²) in [6, 6.07) is 12.2. The van der Waals surface area contributed by atoms with Crippen LogP contribution >= 0.6 is 11.3 Å². The van der Waals surface area contributed by atoms with Crippen LogP contribution in [0.2, 0.25) is 0 Å². The van der Waals surface area contributed by atoms with E-state index in [1.807, 2.05) is 35.4 Å². The molecule has 1 aromatic carbocycles. The molecule has 0 radical (unpaired) electrons. The van der Waals surface area contributed by atoms with Crippen molar-refractivity contribution in [1.82, 2.24) is 14.9 Å². The van der Waals surface area contributed by atoms with Crippen LogP contribution in [0.1, 0.15) is 5.69 Å². The molecule has 1 aliphatic heterocycles. The van der Waals surface area contributed by atoms with Gasteiger partial charge in [-0.3, -0.25) is 5.32 Å². The molecule has 0 unspecified atom stereocenters. The van der Waals surface area contributed by atoms with Gasteiger partial charge in [0.05, 0.1) is 11.2 Å². The molecule has 25 heavy (non-hydrogen) atoms. The van der Waals surface area contributed by atoms with Crippen molar-refractivity contribution < 1.29 is 4.79 Å². The predicted octanol–water partition coefficient (Wildman–Crippen LogP) is 3.35. The molecule has 2 amide bonds. The number of aryl methyl sites for hydroxylation is 1. The molecule has 4 rings (SSSR count). The Morgan fingerprint density at radius 3 is 2.64 bits per heavy atom. The number of carbonyl (C=O) groups is 1. The predicted molar refractivity (Wildman–Crippen MR) is 101 cm³/mol. The molecule has 0 spiro atoms. The lowest BCUT2D eigenvalue weighted by atomic mass is 10.2. The number of urea groups is 1. The van der Waals surface area contributed by atoms with Gasteiger partial charge in [0, 0.05) is 36.9 Å². The summed E-state index contributed by atoms with van der Waals surface area (Å²) in [5, 5.41) is 6.60. The lowest BCUT2D eigenvalue weighted by Crippen LogP contribution is -2.50. The summed E-state index contributed by atoms with van der Waals surface area (Å²) in [5.41, 5.74) is 1.92. The largest absolute Gasteiger partial charge is 0.353 e. The molecule has 0 saturated carbocycles. The molecule has 0 aliphatic carbocycles. The molecule has 1 fully saturated rings. The standard InChI is InChI=1S/C18H19N5OS/c1-13-12-25-17(19-13)21-18(24)23-10-8-22(9-11-23)16-7-6-14-4-2-3-5-15(14)20-16/h2-7,12H,8-11H2,1H3,(H,19,21,24). The Bertz CT molecular complexity index is 901. The van der Waals surface area contributed by atoms with Crippen molar-refractivity contribution in [2.75, 3.05) is 36.4 Å². The molecule has 1 saturated heterocycles. The Labute approximate surface area is 150 Å². The van der Waals surface area contributed by atoms with Gasteiger partial charge in [0.1, 0.15) is 5.82 Å². The molecule has 6 nitrogen and oxygen atoms in total. The van der Waals surface area contributed by atoms with E-state index in [9.17, 15) is 4.79 Å². The van der Waals surface area contributed by atoms with Crippen molar-refractivity contribution >= 4 is 39.2 Å². The molecule has 0 atom stereocenters. The maximum Gasteiger partial charge on any atom is 0.323 e. The van der Waals surface area contributed by atoms with Gasteiger partial charge in [0.25, 0.3) is 0 Å². The van der Waals surface area contributed by atoms with Gasteiger partial charge in [-0.1, -0.05) is 18.2 Å². The third-order valence-corrected chi connectivity index (χ3v) is 5.18. The van der Waals surface area contributed by atoms with E-state index < -0.39 is 0 Å². The number of carbonyl (C=O) groups excluding carboxylic acids is 1. The number of para-hydroxylation sites is 1. The number of fused-ring (bicyclic) bond motifs is 1. The minimum Gasteiger partial charge on any atom is -0.353 e. The Balaban J connectivity index is 1.39. The van der Waals surface area contributed by atoms with Crippen molar-refractivity contribution in [3.8, 4) is 0 Å². The molecule has 1 N–H and O–H groups in total. The van der Waals surface area contributed by atoms with E-state index in [4.69, 9.17) is 4.98 Å². The number of anilines is 2. The fourth-order valence-electron chi connectivity index (χ4n) is 2.95. The molecule has 7 heteroatoms. The highest BCUT2D eigenvalue weighted by molar-refractivity contribution is 7.13. The number of rotatable bonds is 2. The van der Waals surface area contributed by atoms with E-state index in [2.05, 4.69) is 33.4 Å². The molecule has 3 aromatic rings. The SMILES string of the molecule is Cc1csc(NC(=O)N2CCN(c3ccc4ccccc4n3)CC2)n1. The minimum atomic E-state index is -0.0829. The van der Waals surface area contributed by atoms with Crippen LogP contribution in [0.25, 0.3) is 10.9 Å². The van der Waals surface area contributed by atoms with Gasteiger partial charge in [0.15, 0.2) is 5.13 Å². The number of piperazine rings is 1. The molecule has 128 valence electrons. The van der Waals surface area contributed by atoms with E-state index in [1.165, 1.54) is 11.3 Å². The van der Waals surface area contributed by atoms with Crippen LogP contribution in [0, 0.1) is 6.92 Å². The maximum absolute atomic E-state index is 12.3. The summed E-state index contributed by atoms with van der Waals surface area (Å²) >= 11 is 1.45. The van der Waals surface area contributed by atoms with Crippen molar-refractivity contribution in [3.63, 3.8) is 0 Å². The number of pyridine rings is 1. The zero-order chi connectivity index (χ0) is 17.2. The lowest BCUT2D eigenvalue weighted by molar-refractivity contribution is 0.208. The van der Waals surface area contributed by atoms with Gasteiger partial charge in [-0.05, 0) is 25.1 Å². The number of amides is 2. The number of aromatic nitrogens is 2. The van der Waals surface area contributed by atoms with Crippen LogP contribution in [0.5, 0.6) is 0 Å². The van der Waals surface area contributed by atoms with Gasteiger partial charge in [-0.2, -0.15) is 0 Å². The zero-order valence-electron chi connectivity index (χ0n) is 14.0. The Kier molecular flexibility index (Phi) is 4.23. The number of hydrogen-bond acceptors (Lipinski definition) is 5. The van der Waals surface area contributed by atoms with E-state index >= 15 is 0 Å². The topological polar surface area (TPSA) is 61.4 Å². The molecule has 0 bridgehead atoms. The lowest BCUT2D eigenvalue weighted by Gasteiger charge is -2.35. The van der Waals surface area contributed by atoms with Crippen molar-refractivity contribution in [2.24, 2.45) is 0 Å². The van der Waals surface area contributed by atoms with Gasteiger partial charge in [-0.15, -0.1) is 11.3 Å². The van der Waals surface area contributed by atoms with Crippen LogP contribution in [0.3, 0.4) is 0 Å². The quantitative estimate of drug-likeness (QED) is 0.767. The third-order valence-electron chi connectivity index (χ3n) is 4.31.